The monoisotopic (exact) mass is 611 g/mol. The summed E-state index contributed by atoms with van der Waals surface area (Å²) in [5, 5.41) is 5.23. The van der Waals surface area contributed by atoms with Gasteiger partial charge in [0.1, 0.15) is 0 Å². The van der Waals surface area contributed by atoms with Gasteiger partial charge < -0.3 is 14.0 Å². The molecule has 1 aliphatic carbocycles. The molecule has 3 atom stereocenters. The highest BCUT2D eigenvalue weighted by Gasteiger charge is 2.39. The third kappa shape index (κ3) is 4.40. The van der Waals surface area contributed by atoms with Crippen molar-refractivity contribution >= 4 is 55.0 Å². The van der Waals surface area contributed by atoms with Gasteiger partial charge in [0.15, 0.2) is 0 Å². The van der Waals surface area contributed by atoms with Crippen molar-refractivity contribution in [2.24, 2.45) is 5.92 Å². The van der Waals surface area contributed by atoms with Crippen molar-refractivity contribution in [3.63, 3.8) is 0 Å². The molecule has 7 aromatic rings. The number of hydrogen-bond donors (Lipinski definition) is 0. The van der Waals surface area contributed by atoms with Gasteiger partial charge in [0.25, 0.3) is 0 Å². The summed E-state index contributed by atoms with van der Waals surface area (Å²) >= 11 is 0. The Hall–Kier alpha value is -5.02. The van der Waals surface area contributed by atoms with Crippen LogP contribution in [0, 0.1) is 5.92 Å². The van der Waals surface area contributed by atoms with Crippen LogP contribution in [0.2, 0.25) is 0 Å². The van der Waals surface area contributed by atoms with Crippen molar-refractivity contribution < 1.29 is 0 Å². The average molecular weight is 612 g/mol. The lowest BCUT2D eigenvalue weighted by Crippen LogP contribution is -2.37. The summed E-state index contributed by atoms with van der Waals surface area (Å²) in [5.74, 6) is 0.955. The molecule has 3 unspecified atom stereocenters. The van der Waals surface area contributed by atoms with Crippen LogP contribution in [0.3, 0.4) is 0 Å². The number of benzene rings is 5. The minimum atomic E-state index is 0.265. The minimum absolute atomic E-state index is 0.265. The predicted octanol–water partition coefficient (Wildman–Crippen LogP) is 11.5. The molecule has 9 rings (SSSR count). The Bertz CT molecular complexity index is 2240. The number of allylic oxidation sites excluding steroid dienone is 2. The zero-order valence-electron chi connectivity index (χ0n) is 27.3. The molecule has 0 saturated heterocycles. The molecular weight excluding hydrogens is 571 g/mol. The van der Waals surface area contributed by atoms with Crippen LogP contribution in [0.1, 0.15) is 51.0 Å². The van der Waals surface area contributed by atoms with E-state index in [1.165, 1.54) is 91.9 Å². The maximum atomic E-state index is 2.73. The molecule has 0 N–H and O–H groups in total. The van der Waals surface area contributed by atoms with Crippen molar-refractivity contribution in [1.29, 1.82) is 0 Å². The van der Waals surface area contributed by atoms with Crippen molar-refractivity contribution in [2.75, 3.05) is 11.4 Å². The Morgan fingerprint density at radius 3 is 1.74 bits per heavy atom. The van der Waals surface area contributed by atoms with Gasteiger partial charge in [0.2, 0.25) is 0 Å². The first-order valence-corrected chi connectivity index (χ1v) is 17.5. The highest BCUT2D eigenvalue weighted by atomic mass is 15.2. The maximum Gasteiger partial charge on any atom is 0.0582 e. The van der Waals surface area contributed by atoms with E-state index in [4.69, 9.17) is 0 Å². The average Bonchev–Trinajstić information content (AvgIpc) is 3.75. The van der Waals surface area contributed by atoms with Crippen LogP contribution in [0.4, 0.5) is 5.69 Å². The zero-order valence-corrected chi connectivity index (χ0v) is 27.3. The molecule has 3 heterocycles. The topological polar surface area (TPSA) is 13.1 Å². The summed E-state index contributed by atoms with van der Waals surface area (Å²) in [5.41, 5.74) is 10.4. The van der Waals surface area contributed by atoms with E-state index in [0.717, 1.165) is 6.54 Å². The molecule has 5 aromatic carbocycles. The molecule has 232 valence electrons. The van der Waals surface area contributed by atoms with E-state index in [2.05, 4.69) is 161 Å². The van der Waals surface area contributed by atoms with E-state index in [1.54, 1.807) is 0 Å². The number of anilines is 1. The fourth-order valence-corrected chi connectivity index (χ4v) is 8.56. The maximum absolute atomic E-state index is 2.73. The standard InChI is InChI=1S/C44H41N3/c1-3-5-14-30(4-2)29-45-39-25-23-31(46-41-19-10-6-15-33(41)34-16-7-11-20-42(34)46)27-37(39)38-28-32(24-26-40(38)45)47-43-21-12-8-17-35(43)36-18-9-13-22-44(36)47/h6-13,15-28,30,37,39H,3-5,14,29H2,1-2H3. The Balaban J connectivity index is 1.22. The van der Waals surface area contributed by atoms with E-state index in [1.807, 2.05) is 0 Å². The van der Waals surface area contributed by atoms with Crippen molar-refractivity contribution in [2.45, 2.75) is 51.5 Å². The second-order valence-electron chi connectivity index (χ2n) is 13.5. The van der Waals surface area contributed by atoms with Crippen molar-refractivity contribution in [3.05, 3.63) is 139 Å². The van der Waals surface area contributed by atoms with Gasteiger partial charge in [-0.25, -0.2) is 0 Å². The number of aromatic nitrogens is 2. The van der Waals surface area contributed by atoms with Crippen molar-refractivity contribution in [1.82, 2.24) is 9.13 Å². The lowest BCUT2D eigenvalue weighted by atomic mass is 9.89. The van der Waals surface area contributed by atoms with Gasteiger partial charge in [-0.2, -0.15) is 0 Å². The second-order valence-corrected chi connectivity index (χ2v) is 13.5. The van der Waals surface area contributed by atoms with Gasteiger partial charge in [-0.1, -0.05) is 118 Å². The summed E-state index contributed by atoms with van der Waals surface area (Å²) in [7, 11) is 0. The van der Waals surface area contributed by atoms with Crippen LogP contribution in [0.15, 0.2) is 133 Å². The summed E-state index contributed by atoms with van der Waals surface area (Å²) in [4.78, 5) is 2.73. The van der Waals surface area contributed by atoms with E-state index >= 15 is 0 Å². The third-order valence-electron chi connectivity index (χ3n) is 10.9. The van der Waals surface area contributed by atoms with Crippen LogP contribution in [-0.4, -0.2) is 21.7 Å². The molecule has 0 amide bonds. The second kappa shape index (κ2) is 11.3. The van der Waals surface area contributed by atoms with Gasteiger partial charge in [-0.3, -0.25) is 0 Å². The molecule has 2 aliphatic rings. The third-order valence-corrected chi connectivity index (χ3v) is 10.9. The van der Waals surface area contributed by atoms with Gasteiger partial charge in [0, 0.05) is 51.1 Å². The first-order chi connectivity index (χ1) is 23.2. The zero-order chi connectivity index (χ0) is 31.5. The Morgan fingerprint density at radius 1 is 0.638 bits per heavy atom. The number of fused-ring (bicyclic) bond motifs is 9. The van der Waals surface area contributed by atoms with Crippen LogP contribution < -0.4 is 4.90 Å². The smallest absolute Gasteiger partial charge is 0.0582 e. The quantitative estimate of drug-likeness (QED) is 0.167. The Kier molecular flexibility index (Phi) is 6.81. The highest BCUT2D eigenvalue weighted by molar-refractivity contribution is 6.11. The minimum Gasteiger partial charge on any atom is -0.364 e. The van der Waals surface area contributed by atoms with E-state index < -0.39 is 0 Å². The molecular formula is C44H41N3. The van der Waals surface area contributed by atoms with Gasteiger partial charge in [-0.05, 0) is 66.4 Å². The van der Waals surface area contributed by atoms with Gasteiger partial charge >= 0.3 is 0 Å². The molecule has 0 spiro atoms. The number of para-hydroxylation sites is 4. The number of rotatable bonds is 8. The predicted molar refractivity (Wildman–Crippen MR) is 201 cm³/mol. The normalized spacial score (nSPS) is 17.9. The fraction of sp³-hybridized carbons (Fsp3) is 0.227. The molecule has 47 heavy (non-hydrogen) atoms. The molecule has 0 radical (unpaired) electrons. The van der Waals surface area contributed by atoms with Gasteiger partial charge in [0.05, 0.1) is 28.1 Å². The van der Waals surface area contributed by atoms with Gasteiger partial charge in [-0.15, -0.1) is 0 Å². The van der Waals surface area contributed by atoms with Crippen LogP contribution in [0.25, 0.3) is 55.0 Å². The fourth-order valence-electron chi connectivity index (χ4n) is 8.56. The summed E-state index contributed by atoms with van der Waals surface area (Å²) < 4.78 is 4.95. The SMILES string of the molecule is CCCCC(CC)CN1c2ccc(-n3c4ccccc4c4ccccc43)cc2C2C=C(n3c4ccccc4c4ccccc43)C=CC21. The summed E-state index contributed by atoms with van der Waals surface area (Å²) in [6, 6.07) is 43.0. The molecule has 1 aliphatic heterocycles. The summed E-state index contributed by atoms with van der Waals surface area (Å²) in [6.07, 6.45) is 12.5. The number of hydrogen-bond acceptors (Lipinski definition) is 1. The van der Waals surface area contributed by atoms with E-state index in [-0.39, 0.29) is 5.92 Å². The van der Waals surface area contributed by atoms with Crippen LogP contribution in [0.5, 0.6) is 0 Å². The van der Waals surface area contributed by atoms with Crippen molar-refractivity contribution in [3.8, 4) is 5.69 Å². The Morgan fingerprint density at radius 2 is 1.19 bits per heavy atom. The molecule has 0 fully saturated rings. The van der Waals surface area contributed by atoms with Crippen LogP contribution >= 0.6 is 0 Å². The Labute approximate surface area is 277 Å². The molecule has 2 aromatic heterocycles. The number of nitrogens with zero attached hydrogens (tertiary/aromatic N) is 3. The molecule has 3 nitrogen and oxygen atoms in total. The van der Waals surface area contributed by atoms with E-state index in [0.29, 0.717) is 12.0 Å². The highest BCUT2D eigenvalue weighted by Crippen LogP contribution is 2.48. The largest absolute Gasteiger partial charge is 0.364 e. The van der Waals surface area contributed by atoms with E-state index in [9.17, 15) is 0 Å². The summed E-state index contributed by atoms with van der Waals surface area (Å²) in [6.45, 7) is 5.79. The lowest BCUT2D eigenvalue weighted by Gasteiger charge is -2.33. The molecule has 3 heteroatoms. The first kappa shape index (κ1) is 28.2. The number of unbranched alkanes of at least 4 members (excludes halogenated alkanes) is 1. The lowest BCUT2D eigenvalue weighted by molar-refractivity contribution is 0.438. The molecule has 0 saturated carbocycles. The van der Waals surface area contributed by atoms with Crippen LogP contribution in [-0.2, 0) is 0 Å². The molecule has 0 bridgehead atoms. The first-order valence-electron chi connectivity index (χ1n) is 17.5.